The number of rotatable bonds is 5. The summed E-state index contributed by atoms with van der Waals surface area (Å²) in [5, 5.41) is 52.4. The fourth-order valence-corrected chi connectivity index (χ4v) is 23.3. The van der Waals surface area contributed by atoms with Crippen molar-refractivity contribution >= 4 is 5.97 Å². The molecule has 0 aliphatic heterocycles. The van der Waals surface area contributed by atoms with E-state index in [4.69, 9.17) is 0 Å². The predicted molar refractivity (Wildman–Crippen MR) is 266 cm³/mol. The average Bonchev–Trinajstić information content (AvgIpc) is 3.83. The van der Waals surface area contributed by atoms with Crippen LogP contribution in [0.5, 0.6) is 0 Å². The van der Waals surface area contributed by atoms with Gasteiger partial charge in [-0.3, -0.25) is 4.79 Å². The molecule has 0 aromatic heterocycles. The van der Waals surface area contributed by atoms with Crippen LogP contribution in [0.25, 0.3) is 0 Å². The molecule has 10 saturated carbocycles. The highest BCUT2D eigenvalue weighted by atomic mass is 16.4. The van der Waals surface area contributed by atoms with E-state index in [2.05, 4.69) is 89.7 Å². The van der Waals surface area contributed by atoms with Gasteiger partial charge >= 0.3 is 5.97 Å². The summed E-state index contributed by atoms with van der Waals surface area (Å²) in [5.74, 6) is 5.14. The second-order valence-electron chi connectivity index (χ2n) is 29.6. The lowest BCUT2D eigenvalue weighted by molar-refractivity contribution is -0.249. The van der Waals surface area contributed by atoms with E-state index in [-0.39, 0.29) is 64.3 Å². The third-order valence-corrected chi connectivity index (χ3v) is 27.5. The third kappa shape index (κ3) is 6.38. The summed E-state index contributed by atoms with van der Waals surface area (Å²) in [5.41, 5.74) is 2.68. The molecule has 0 spiro atoms. The van der Waals surface area contributed by atoms with Gasteiger partial charge in [-0.25, -0.2) is 0 Å². The number of aliphatic carboxylic acids is 1. The molecule has 66 heavy (non-hydrogen) atoms. The lowest BCUT2D eigenvalue weighted by Gasteiger charge is -2.73. The van der Waals surface area contributed by atoms with Crippen LogP contribution in [0, 0.1) is 119 Å². The van der Waals surface area contributed by atoms with Gasteiger partial charge in [-0.2, -0.15) is 0 Å². The average molecular weight is 917 g/mol. The summed E-state index contributed by atoms with van der Waals surface area (Å²) >= 11 is 0. The van der Waals surface area contributed by atoms with Gasteiger partial charge in [0, 0.05) is 6.61 Å². The van der Waals surface area contributed by atoms with Gasteiger partial charge in [-0.05, 0) is 248 Å². The largest absolute Gasteiger partial charge is 0.481 e. The van der Waals surface area contributed by atoms with Crippen LogP contribution >= 0.6 is 0 Å². The Morgan fingerprint density at radius 2 is 1.02 bits per heavy atom. The maximum Gasteiger partial charge on any atom is 0.309 e. The van der Waals surface area contributed by atoms with E-state index in [9.17, 15) is 30.3 Å². The smallest absolute Gasteiger partial charge is 0.309 e. The van der Waals surface area contributed by atoms with Gasteiger partial charge in [0.05, 0.1) is 24.2 Å². The van der Waals surface area contributed by atoms with E-state index in [1.165, 1.54) is 77.0 Å². The highest BCUT2D eigenvalue weighted by molar-refractivity contribution is 5.76. The van der Waals surface area contributed by atoms with E-state index in [0.29, 0.717) is 63.1 Å². The van der Waals surface area contributed by atoms with Crippen molar-refractivity contribution in [1.82, 2.24) is 0 Å². The van der Waals surface area contributed by atoms with Gasteiger partial charge in [-0.1, -0.05) is 89.7 Å². The molecule has 10 rings (SSSR count). The van der Waals surface area contributed by atoms with E-state index in [0.717, 1.165) is 68.8 Å². The van der Waals surface area contributed by atoms with Crippen molar-refractivity contribution in [2.45, 2.75) is 224 Å². The lowest BCUT2D eigenvalue weighted by atomic mass is 9.32. The zero-order valence-corrected chi connectivity index (χ0v) is 44.4. The Morgan fingerprint density at radius 3 is 1.48 bits per heavy atom. The molecule has 376 valence electrons. The van der Waals surface area contributed by atoms with Crippen molar-refractivity contribution in [3.8, 4) is 0 Å². The Morgan fingerprint density at radius 1 is 0.530 bits per heavy atom. The van der Waals surface area contributed by atoms with Crippen molar-refractivity contribution in [1.29, 1.82) is 0 Å². The summed E-state index contributed by atoms with van der Waals surface area (Å²) in [6.07, 6.45) is 22.8. The number of carbonyl (C=O) groups is 1. The second-order valence-corrected chi connectivity index (χ2v) is 29.6. The number of fused-ring (bicyclic) bond motifs is 14. The molecule has 0 saturated heterocycles. The van der Waals surface area contributed by atoms with Gasteiger partial charge in [0.2, 0.25) is 0 Å². The number of hydrogen-bond acceptors (Lipinski definition) is 5. The molecule has 0 aromatic carbocycles. The minimum atomic E-state index is -0.584. The van der Waals surface area contributed by atoms with Crippen molar-refractivity contribution in [2.75, 3.05) is 13.2 Å². The summed E-state index contributed by atoms with van der Waals surface area (Å²) in [6, 6.07) is 0. The van der Waals surface area contributed by atoms with E-state index < -0.39 is 11.4 Å². The Bertz CT molecular complexity index is 1890. The molecule has 10 aliphatic rings. The normalized spacial score (nSPS) is 55.6. The highest BCUT2D eigenvalue weighted by Gasteiger charge is 2.73. The van der Waals surface area contributed by atoms with Crippen molar-refractivity contribution in [2.24, 2.45) is 119 Å². The number of hydrogen-bond donors (Lipinski definition) is 5. The third-order valence-electron chi connectivity index (χ3n) is 27.5. The molecule has 21 atom stereocenters. The minimum absolute atomic E-state index is 0.0344. The van der Waals surface area contributed by atoms with Crippen LogP contribution < -0.4 is 0 Å². The zero-order valence-electron chi connectivity index (χ0n) is 44.4. The fourth-order valence-electron chi connectivity index (χ4n) is 23.3. The van der Waals surface area contributed by atoms with Crippen LogP contribution in [0.3, 0.4) is 0 Å². The quantitative estimate of drug-likeness (QED) is 0.175. The fraction of sp³-hybridized carbons (Fsp3) is 0.950. The molecular weight excluding hydrogens is 817 g/mol. The molecule has 5 N–H and O–H groups in total. The maximum absolute atomic E-state index is 12.8. The van der Waals surface area contributed by atoms with Crippen molar-refractivity contribution in [3.05, 3.63) is 12.2 Å². The van der Waals surface area contributed by atoms with E-state index >= 15 is 0 Å². The van der Waals surface area contributed by atoms with Gasteiger partial charge in [0.25, 0.3) is 0 Å². The van der Waals surface area contributed by atoms with Crippen LogP contribution in [-0.4, -0.2) is 56.9 Å². The Hall–Kier alpha value is -0.950. The molecule has 7 unspecified atom stereocenters. The molecule has 6 heteroatoms. The van der Waals surface area contributed by atoms with Crippen LogP contribution in [0.4, 0.5) is 0 Å². The van der Waals surface area contributed by atoms with E-state index in [1.807, 2.05) is 0 Å². The SMILES string of the molecule is C=C(CO)[C@@H]1CC[C@]2(C)CC[C@]3(C)[C@H](CC[C@@H]4[C@@]5(C)CC[C@H](O)C(C)(C)[C@@H]5CC[C@]43C)[C@@H]12.CC(CO)[C@@H]1CCC2(C(=O)O)CC[C@]3(C)C(CCC4[C@@]5(C)CCC(O)C(C)(C)C5CC[C@]43C)C12. The Kier molecular flexibility index (Phi) is 12.1. The minimum Gasteiger partial charge on any atom is -0.481 e. The standard InChI is InChI=1S/C30H50O4.C30H50O2/c1-18(17-31)19-9-14-30(25(33)34)16-15-28(5)20(24(19)30)7-8-22-27(4)12-11-23(32)26(2,3)21(27)10-13-29(22,28)6;1-19(18-31)20-10-13-27(4)16-17-29(6)21(25(20)27)8-9-23-28(5)14-12-24(32)26(2,3)22(28)11-15-30(23,29)7/h18-24,31-32H,7-17H2,1-6H3,(H,33,34);20-25,31-32H,1,8-18H2,2-7H3/t18?,19-,20?,21?,22?,23?,24?,27-,28+,29+,30?;20-,21+,22-,23+,24-,25+,27+,28-,29+,30+/m00/s1. The molecule has 0 radical (unpaired) electrons. The van der Waals surface area contributed by atoms with Crippen LogP contribution in [0.1, 0.15) is 212 Å². The molecular formula is C60H100O6. The highest BCUT2D eigenvalue weighted by Crippen LogP contribution is 2.79. The molecule has 0 amide bonds. The van der Waals surface area contributed by atoms with Gasteiger partial charge in [0.1, 0.15) is 0 Å². The first kappa shape index (κ1) is 50.0. The van der Waals surface area contributed by atoms with Gasteiger partial charge in [0.15, 0.2) is 0 Å². The second kappa shape index (κ2) is 16.0. The molecule has 10 aliphatic carbocycles. The van der Waals surface area contributed by atoms with Gasteiger partial charge in [-0.15, -0.1) is 0 Å². The van der Waals surface area contributed by atoms with Gasteiger partial charge < -0.3 is 25.5 Å². The summed E-state index contributed by atoms with van der Waals surface area (Å²) in [4.78, 5) is 12.8. The predicted octanol–water partition coefficient (Wildman–Crippen LogP) is 13.1. The first-order chi connectivity index (χ1) is 30.6. The zero-order chi connectivity index (χ0) is 48.2. The Balaban J connectivity index is 0.000000166. The number of carboxylic acids is 1. The topological polar surface area (TPSA) is 118 Å². The molecule has 0 heterocycles. The molecule has 10 fully saturated rings. The number of aliphatic hydroxyl groups excluding tert-OH is 4. The maximum atomic E-state index is 12.8. The Labute approximate surface area is 403 Å². The van der Waals surface area contributed by atoms with Crippen molar-refractivity contribution in [3.63, 3.8) is 0 Å². The first-order valence-electron chi connectivity index (χ1n) is 28.1. The molecule has 6 nitrogen and oxygen atoms in total. The molecule has 0 aromatic rings. The lowest BCUT2D eigenvalue weighted by Crippen LogP contribution is -2.67. The van der Waals surface area contributed by atoms with E-state index in [1.54, 1.807) is 0 Å². The van der Waals surface area contributed by atoms with Crippen LogP contribution in [-0.2, 0) is 4.79 Å². The number of carboxylic acid groups (broad SMARTS) is 1. The summed E-state index contributed by atoms with van der Waals surface area (Å²) in [7, 11) is 0. The van der Waals surface area contributed by atoms with Crippen LogP contribution in [0.15, 0.2) is 12.2 Å². The molecule has 0 bridgehead atoms. The summed E-state index contributed by atoms with van der Waals surface area (Å²) < 4.78 is 0. The van der Waals surface area contributed by atoms with Crippen LogP contribution in [0.2, 0.25) is 0 Å². The monoisotopic (exact) mass is 917 g/mol. The van der Waals surface area contributed by atoms with Crippen molar-refractivity contribution < 1.29 is 30.3 Å². The number of aliphatic hydroxyl groups is 4. The first-order valence-corrected chi connectivity index (χ1v) is 28.1. The summed E-state index contributed by atoms with van der Waals surface area (Å²) in [6.45, 7) is 34.4.